The zero-order chi connectivity index (χ0) is 13.0. The van der Waals surface area contributed by atoms with E-state index in [1.807, 2.05) is 43.4 Å². The minimum absolute atomic E-state index is 0.838. The molecule has 0 aliphatic heterocycles. The molecule has 0 unspecified atom stereocenters. The van der Waals surface area contributed by atoms with Crippen LogP contribution in [0, 0.1) is 0 Å². The summed E-state index contributed by atoms with van der Waals surface area (Å²) in [5.74, 6) is 0. The van der Waals surface area contributed by atoms with Gasteiger partial charge in [-0.2, -0.15) is 0 Å². The fourth-order valence-corrected chi connectivity index (χ4v) is 1.83. The second kappa shape index (κ2) is 5.50. The normalized spacial score (nSPS) is 12.4. The first kappa shape index (κ1) is 12.4. The van der Waals surface area contributed by atoms with Crippen LogP contribution >= 0.6 is 0 Å². The van der Waals surface area contributed by atoms with Gasteiger partial charge in [-0.15, -0.1) is 0 Å². The number of furan rings is 1. The molecule has 0 aromatic carbocycles. The third kappa shape index (κ3) is 2.28. The van der Waals surface area contributed by atoms with E-state index in [2.05, 4.69) is 18.5 Å². The maximum Gasteiger partial charge on any atom is 0.152 e. The van der Waals surface area contributed by atoms with Crippen LogP contribution in [0.3, 0.4) is 0 Å². The van der Waals surface area contributed by atoms with Crippen LogP contribution in [-0.2, 0) is 6.42 Å². The number of allylic oxidation sites excluding steroid dienone is 5. The first-order valence-corrected chi connectivity index (χ1v) is 6.13. The molecule has 0 N–H and O–H groups in total. The molecule has 92 valence electrons. The van der Waals surface area contributed by atoms with E-state index >= 15 is 0 Å². The smallest absolute Gasteiger partial charge is 0.152 e. The summed E-state index contributed by atoms with van der Waals surface area (Å²) in [6, 6.07) is 3.92. The number of hydrogen-bond acceptors (Lipinski definition) is 2. The maximum absolute atomic E-state index is 5.47. The molecule has 0 atom stereocenters. The first-order chi connectivity index (χ1) is 8.80. The van der Waals surface area contributed by atoms with Gasteiger partial charge in [0.1, 0.15) is 5.52 Å². The number of nitrogens with zero attached hydrogens (tertiary/aromatic N) is 1. The zero-order valence-corrected chi connectivity index (χ0v) is 10.8. The predicted molar refractivity (Wildman–Crippen MR) is 76.4 cm³/mol. The Morgan fingerprint density at radius 1 is 1.44 bits per heavy atom. The second-order valence-electron chi connectivity index (χ2n) is 4.01. The molecule has 0 amide bonds. The van der Waals surface area contributed by atoms with Gasteiger partial charge in [-0.3, -0.25) is 0 Å². The molecule has 18 heavy (non-hydrogen) atoms. The van der Waals surface area contributed by atoms with Crippen LogP contribution in [0.15, 0.2) is 53.7 Å². The lowest BCUT2D eigenvalue weighted by Crippen LogP contribution is -1.88. The van der Waals surface area contributed by atoms with Gasteiger partial charge in [-0.05, 0) is 31.1 Å². The molecular formula is C16H17NO. The minimum atomic E-state index is 0.838. The molecular weight excluding hydrogens is 222 g/mol. The number of rotatable bonds is 4. The molecule has 2 heteroatoms. The van der Waals surface area contributed by atoms with E-state index in [4.69, 9.17) is 4.42 Å². The van der Waals surface area contributed by atoms with Crippen LogP contribution in [0.5, 0.6) is 0 Å². The molecule has 2 aromatic rings. The van der Waals surface area contributed by atoms with E-state index in [-0.39, 0.29) is 0 Å². The molecule has 0 spiro atoms. The lowest BCUT2D eigenvalue weighted by molar-refractivity contribution is 0.611. The molecule has 0 bridgehead atoms. The summed E-state index contributed by atoms with van der Waals surface area (Å²) < 4.78 is 5.47. The summed E-state index contributed by atoms with van der Waals surface area (Å²) in [4.78, 5) is 4.66. The van der Waals surface area contributed by atoms with Gasteiger partial charge in [0.25, 0.3) is 0 Å². The van der Waals surface area contributed by atoms with Crippen molar-refractivity contribution in [3.05, 3.63) is 60.5 Å². The number of pyridine rings is 1. The first-order valence-electron chi connectivity index (χ1n) is 6.13. The van der Waals surface area contributed by atoms with Crippen LogP contribution < -0.4 is 0 Å². The summed E-state index contributed by atoms with van der Waals surface area (Å²) in [6.45, 7) is 7.92. The van der Waals surface area contributed by atoms with Crippen molar-refractivity contribution in [3.8, 4) is 0 Å². The largest absolute Gasteiger partial charge is 0.462 e. The Morgan fingerprint density at radius 2 is 2.28 bits per heavy atom. The number of fused-ring (bicyclic) bond motifs is 1. The van der Waals surface area contributed by atoms with E-state index in [0.29, 0.717) is 0 Å². The number of aryl methyl sites for hydroxylation is 1. The molecule has 0 aliphatic carbocycles. The van der Waals surface area contributed by atoms with Crippen molar-refractivity contribution in [2.75, 3.05) is 0 Å². The van der Waals surface area contributed by atoms with Gasteiger partial charge in [0.15, 0.2) is 5.58 Å². The zero-order valence-electron chi connectivity index (χ0n) is 10.8. The van der Waals surface area contributed by atoms with Gasteiger partial charge in [-0.25, -0.2) is 4.98 Å². The third-order valence-corrected chi connectivity index (χ3v) is 2.86. The van der Waals surface area contributed by atoms with Crippen molar-refractivity contribution >= 4 is 16.7 Å². The predicted octanol–water partition coefficient (Wildman–Crippen LogP) is 4.54. The van der Waals surface area contributed by atoms with Crippen LogP contribution in [0.2, 0.25) is 0 Å². The Bertz CT molecular complexity index is 617. The molecule has 0 saturated heterocycles. The van der Waals surface area contributed by atoms with E-state index in [1.54, 1.807) is 6.26 Å². The Balaban J connectivity index is 2.54. The quantitative estimate of drug-likeness (QED) is 0.732. The van der Waals surface area contributed by atoms with Gasteiger partial charge in [0.05, 0.1) is 12.0 Å². The van der Waals surface area contributed by atoms with E-state index in [1.165, 1.54) is 0 Å². The molecule has 2 aromatic heterocycles. The van der Waals surface area contributed by atoms with Crippen LogP contribution in [-0.4, -0.2) is 4.98 Å². The number of aromatic nitrogens is 1. The van der Waals surface area contributed by atoms with Gasteiger partial charge >= 0.3 is 0 Å². The highest BCUT2D eigenvalue weighted by Gasteiger charge is 2.07. The van der Waals surface area contributed by atoms with Gasteiger partial charge < -0.3 is 4.42 Å². The Hall–Kier alpha value is -2.09. The van der Waals surface area contributed by atoms with Crippen LogP contribution in [0.1, 0.15) is 25.1 Å². The van der Waals surface area contributed by atoms with Crippen LogP contribution in [0.25, 0.3) is 16.7 Å². The summed E-state index contributed by atoms with van der Waals surface area (Å²) in [5, 5.41) is 0. The summed E-state index contributed by atoms with van der Waals surface area (Å²) >= 11 is 0. The lowest BCUT2D eigenvalue weighted by atomic mass is 10.1. The SMILES string of the molecule is C=C/C(=C\C=C/C)c1ccc2occ(CC)c2n1. The lowest BCUT2D eigenvalue weighted by Gasteiger charge is -2.01. The van der Waals surface area contributed by atoms with Crippen molar-refractivity contribution in [1.29, 1.82) is 0 Å². The Morgan fingerprint density at radius 3 is 2.94 bits per heavy atom. The van der Waals surface area contributed by atoms with E-state index in [9.17, 15) is 0 Å². The molecule has 0 aliphatic rings. The fraction of sp³-hybridized carbons (Fsp3) is 0.188. The van der Waals surface area contributed by atoms with Crippen LogP contribution in [0.4, 0.5) is 0 Å². The summed E-state index contributed by atoms with van der Waals surface area (Å²) in [5.41, 5.74) is 4.86. The molecule has 0 fully saturated rings. The van der Waals surface area contributed by atoms with Crippen molar-refractivity contribution in [1.82, 2.24) is 4.98 Å². The standard InChI is InChI=1S/C16H17NO/c1-4-7-8-12(5-2)14-9-10-15-16(17-14)13(6-3)11-18-15/h4-5,7-11H,2,6H2,1,3H3/b7-4-,12-8+. The summed E-state index contributed by atoms with van der Waals surface area (Å²) in [7, 11) is 0. The average Bonchev–Trinajstić information content (AvgIpc) is 2.82. The molecule has 2 nitrogen and oxygen atoms in total. The van der Waals surface area contributed by atoms with Gasteiger partial charge in [0.2, 0.25) is 0 Å². The maximum atomic E-state index is 5.47. The fourth-order valence-electron chi connectivity index (χ4n) is 1.83. The number of hydrogen-bond donors (Lipinski definition) is 0. The monoisotopic (exact) mass is 239 g/mol. The molecule has 2 heterocycles. The average molecular weight is 239 g/mol. The molecule has 0 saturated carbocycles. The Kier molecular flexibility index (Phi) is 3.78. The highest BCUT2D eigenvalue weighted by Crippen LogP contribution is 2.23. The Labute approximate surface area is 107 Å². The summed E-state index contributed by atoms with van der Waals surface area (Å²) in [6.07, 6.45) is 10.5. The highest BCUT2D eigenvalue weighted by molar-refractivity contribution is 5.81. The van der Waals surface area contributed by atoms with E-state index < -0.39 is 0 Å². The van der Waals surface area contributed by atoms with Crippen molar-refractivity contribution in [3.63, 3.8) is 0 Å². The van der Waals surface area contributed by atoms with Crippen molar-refractivity contribution in [2.24, 2.45) is 0 Å². The highest BCUT2D eigenvalue weighted by atomic mass is 16.3. The van der Waals surface area contributed by atoms with Crippen molar-refractivity contribution < 1.29 is 4.42 Å². The topological polar surface area (TPSA) is 26.0 Å². The second-order valence-corrected chi connectivity index (χ2v) is 4.01. The van der Waals surface area contributed by atoms with Gasteiger partial charge in [0, 0.05) is 5.56 Å². The van der Waals surface area contributed by atoms with E-state index in [0.717, 1.165) is 34.4 Å². The molecule has 0 radical (unpaired) electrons. The minimum Gasteiger partial charge on any atom is -0.462 e. The van der Waals surface area contributed by atoms with Gasteiger partial charge in [-0.1, -0.05) is 37.8 Å². The molecule has 2 rings (SSSR count). The van der Waals surface area contributed by atoms with Crippen molar-refractivity contribution in [2.45, 2.75) is 20.3 Å². The third-order valence-electron chi connectivity index (χ3n) is 2.86.